The smallest absolute Gasteiger partial charge is 0.339 e. The number of esters is 4. The number of aliphatic imine (C=N–C) groups is 2. The summed E-state index contributed by atoms with van der Waals surface area (Å²) in [5.41, 5.74) is 7.76. The Bertz CT molecular complexity index is 2920. The number of carbonyl (C=O) groups excluding carboxylic acids is 4. The van der Waals surface area contributed by atoms with Crippen molar-refractivity contribution in [3.05, 3.63) is 119 Å². The number of carboxylic acids is 1. The van der Waals surface area contributed by atoms with E-state index in [1.165, 1.54) is 12.7 Å². The van der Waals surface area contributed by atoms with Crippen LogP contribution in [0.4, 0.5) is 0 Å². The van der Waals surface area contributed by atoms with Gasteiger partial charge in [0.2, 0.25) is 6.29 Å². The number of methoxy groups -OCH3 is 3. The summed E-state index contributed by atoms with van der Waals surface area (Å²) >= 11 is 3.11. The number of alkyl halides is 1. The monoisotopic (exact) mass is 1250 g/mol. The molecule has 0 bridgehead atoms. The van der Waals surface area contributed by atoms with Crippen LogP contribution >= 0.6 is 40.7 Å². The Balaban J connectivity index is 0.000000328. The zero-order valence-electron chi connectivity index (χ0n) is 44.7. The van der Waals surface area contributed by atoms with Crippen LogP contribution in [-0.2, 0) is 52.4 Å². The van der Waals surface area contributed by atoms with Gasteiger partial charge in [0.1, 0.15) is 41.3 Å². The number of aromatic nitrogens is 2. The topological polar surface area (TPSA) is 320 Å². The van der Waals surface area contributed by atoms with E-state index >= 15 is 0 Å². The molecule has 0 saturated carbocycles. The molecule has 2 saturated heterocycles. The van der Waals surface area contributed by atoms with Gasteiger partial charge in [-0.25, -0.2) is 9.59 Å². The van der Waals surface area contributed by atoms with Crippen LogP contribution in [0.3, 0.4) is 0 Å². The van der Waals surface area contributed by atoms with Crippen LogP contribution in [0.1, 0.15) is 76.1 Å². The number of aromatic hydroxyl groups is 1. The minimum absolute atomic E-state index is 0. The van der Waals surface area contributed by atoms with Gasteiger partial charge in [0.15, 0.2) is 35.5 Å². The Morgan fingerprint density at radius 2 is 1.15 bits per heavy atom. The molecule has 82 heavy (non-hydrogen) atoms. The van der Waals surface area contributed by atoms with E-state index < -0.39 is 90.0 Å². The predicted molar refractivity (Wildman–Crippen MR) is 306 cm³/mol. The maximum atomic E-state index is 11.9. The van der Waals surface area contributed by atoms with E-state index in [1.54, 1.807) is 56.0 Å². The molecule has 5 N–H and O–H groups in total. The van der Waals surface area contributed by atoms with E-state index in [1.807, 2.05) is 42.6 Å². The molecule has 26 heteroatoms. The number of hydrogen-bond acceptors (Lipinski definition) is 22. The molecule has 4 aromatic rings. The average Bonchev–Trinajstić information content (AvgIpc) is 3.55. The van der Waals surface area contributed by atoms with Crippen LogP contribution < -0.4 is 14.2 Å². The molecule has 2 aromatic heterocycles. The first kappa shape index (κ1) is 69.2. The largest absolute Gasteiger partial charge is 0.508 e. The van der Waals surface area contributed by atoms with Crippen molar-refractivity contribution < 1.29 is 92.1 Å². The number of ether oxygens (including phenoxy) is 9. The van der Waals surface area contributed by atoms with E-state index in [-0.39, 0.29) is 43.7 Å². The van der Waals surface area contributed by atoms with Gasteiger partial charge in [-0.15, -0.1) is 24.8 Å². The van der Waals surface area contributed by atoms with Gasteiger partial charge in [-0.05, 0) is 97.5 Å². The normalized spacial score (nSPS) is 24.6. The number of carboxylic acid groups (broad SMARTS) is 1. The van der Waals surface area contributed by atoms with Crippen LogP contribution in [0.2, 0.25) is 0 Å². The number of aliphatic hydroxyl groups is 3. The Morgan fingerprint density at radius 1 is 0.646 bits per heavy atom. The molecule has 446 valence electrons. The molecule has 2 aromatic carbocycles. The molecular weight excluding hydrogens is 1180 g/mol. The molecule has 6 heterocycles. The second-order valence-electron chi connectivity index (χ2n) is 17.8. The number of rotatable bonds is 13. The number of phenols is 1. The highest BCUT2D eigenvalue weighted by Gasteiger charge is 2.54. The number of allylic oxidation sites excluding steroid dienone is 2. The Kier molecular flexibility index (Phi) is 28.0. The quantitative estimate of drug-likeness (QED) is 0.0578. The van der Waals surface area contributed by atoms with E-state index in [4.69, 9.17) is 37.9 Å². The third kappa shape index (κ3) is 18.5. The fraction of sp³-hybridized carbons (Fsp3) is 0.411. The summed E-state index contributed by atoms with van der Waals surface area (Å²) in [6.07, 6.45) is 1.44. The van der Waals surface area contributed by atoms with Crippen LogP contribution in [0, 0.1) is 0 Å². The maximum Gasteiger partial charge on any atom is 0.339 e. The van der Waals surface area contributed by atoms with Crippen molar-refractivity contribution in [3.63, 3.8) is 0 Å². The molecule has 10 atom stereocenters. The lowest BCUT2D eigenvalue weighted by atomic mass is 9.94. The van der Waals surface area contributed by atoms with Gasteiger partial charge >= 0.3 is 29.8 Å². The number of carbonyl (C=O) groups is 5. The predicted octanol–water partition coefficient (Wildman–Crippen LogP) is 6.04. The van der Waals surface area contributed by atoms with E-state index in [9.17, 15) is 49.5 Å². The molecule has 8 rings (SSSR count). The fourth-order valence-electron chi connectivity index (χ4n) is 8.63. The molecule has 0 radical (unpaired) electrons. The Hall–Kier alpha value is -7.03. The standard InChI is InChI=1S/C24H26N2O8.C18H18N2O2.C13H17BrO9.CH4.2ClH/c1-32-17-11-16(33-24-21(29)19(27)20(28)22(34-24)23(30)31)7-6-13(17)10-14-4-3-9-26-18(14)15-5-2-8-25-12-15;1-22-17-11-16(21)7-6-13(17)10-14-4-3-9-20-18(14)15-5-2-8-19-12-15;1-5(15)20-8-9(21-6(2)16)11(13(18)19-4)23-12(14)10(8)22-7(3)17;;;/h2,5-8,10-12,19-22,24,27-29H,3-4,9H2,1H3,(H,30,31);2,5-8,10-12,21H,3-4,9H2,1H3;8-12H,1-4H3;1H4;2*1H/b2*14-10+;;;;. The van der Waals surface area contributed by atoms with E-state index in [0.29, 0.717) is 11.5 Å². The Morgan fingerprint density at radius 3 is 1.62 bits per heavy atom. The van der Waals surface area contributed by atoms with Gasteiger partial charge in [-0.1, -0.05) is 23.4 Å². The number of halogens is 3. The molecule has 10 unspecified atom stereocenters. The maximum absolute atomic E-state index is 11.9. The van der Waals surface area contributed by atoms with Crippen molar-refractivity contribution in [2.45, 2.75) is 114 Å². The molecule has 2 fully saturated rings. The van der Waals surface area contributed by atoms with Crippen molar-refractivity contribution in [2.24, 2.45) is 9.98 Å². The van der Waals surface area contributed by atoms with Crippen LogP contribution in [0.25, 0.3) is 12.2 Å². The first-order chi connectivity index (χ1) is 37.8. The minimum Gasteiger partial charge on any atom is -0.508 e. The summed E-state index contributed by atoms with van der Waals surface area (Å²) in [4.78, 5) is 74.8. The van der Waals surface area contributed by atoms with Crippen molar-refractivity contribution in [2.75, 3.05) is 34.4 Å². The number of nitrogens with zero attached hydrogens (tertiary/aromatic N) is 4. The summed E-state index contributed by atoms with van der Waals surface area (Å²) in [5.74, 6) is -2.88. The molecule has 23 nitrogen and oxygen atoms in total. The van der Waals surface area contributed by atoms with Gasteiger partial charge in [0.05, 0.1) is 32.8 Å². The number of aliphatic carboxylic acids is 1. The summed E-state index contributed by atoms with van der Waals surface area (Å²) in [7, 11) is 4.23. The summed E-state index contributed by atoms with van der Waals surface area (Å²) in [5, 5.41) is 47.8. The lowest BCUT2D eigenvalue weighted by Gasteiger charge is -2.41. The second-order valence-corrected chi connectivity index (χ2v) is 18.7. The molecule has 4 aliphatic rings. The van der Waals surface area contributed by atoms with Gasteiger partial charge in [0, 0.05) is 93.0 Å². The van der Waals surface area contributed by atoms with Crippen molar-refractivity contribution in [1.29, 1.82) is 0 Å². The third-order valence-corrected chi connectivity index (χ3v) is 12.9. The van der Waals surface area contributed by atoms with Gasteiger partial charge in [0.25, 0.3) is 0 Å². The number of hydrogen-bond donors (Lipinski definition) is 5. The van der Waals surface area contributed by atoms with Gasteiger partial charge < -0.3 is 68.2 Å². The van der Waals surface area contributed by atoms with Crippen LogP contribution in [0.5, 0.6) is 23.0 Å². The highest BCUT2D eigenvalue weighted by atomic mass is 79.9. The number of pyridine rings is 2. The lowest BCUT2D eigenvalue weighted by Crippen LogP contribution is -2.61. The summed E-state index contributed by atoms with van der Waals surface area (Å²) < 4.78 is 46.8. The average molecular weight is 1250 g/mol. The first-order valence-electron chi connectivity index (χ1n) is 24.7. The SMILES string of the molecule is C.COC(=O)C1OC(Br)C(OC(C)=O)C(OC(C)=O)C1OC(C)=O.COc1cc(O)ccc1/C=C1\CCCN=C1c1cccnc1.COc1cc(OC2OC(C(=O)O)C(O)C(O)C2O)ccc1/C=C1\CCCN=C1c1cccnc1.Cl.Cl. The minimum atomic E-state index is -1.79. The zero-order chi connectivity index (χ0) is 57.3. The van der Waals surface area contributed by atoms with Crippen LogP contribution in [0.15, 0.2) is 107 Å². The Labute approximate surface area is 494 Å². The van der Waals surface area contributed by atoms with E-state index in [2.05, 4.69) is 46.7 Å². The fourth-order valence-corrected chi connectivity index (χ4v) is 9.27. The van der Waals surface area contributed by atoms with Crippen molar-refractivity contribution >= 4 is 94.2 Å². The molecular formula is C56H67BrCl2N4O19. The number of phenolic OH excluding ortho intramolecular Hbond substituents is 1. The first-order valence-corrected chi connectivity index (χ1v) is 25.6. The molecule has 4 aliphatic heterocycles. The van der Waals surface area contributed by atoms with Gasteiger partial charge in [-0.2, -0.15) is 0 Å². The van der Waals surface area contributed by atoms with Crippen molar-refractivity contribution in [1.82, 2.24) is 9.97 Å². The summed E-state index contributed by atoms with van der Waals surface area (Å²) in [6, 6.07) is 17.9. The van der Waals surface area contributed by atoms with Crippen molar-refractivity contribution in [3.8, 4) is 23.0 Å². The lowest BCUT2D eigenvalue weighted by molar-refractivity contribution is -0.271. The second kappa shape index (κ2) is 33.2. The number of benzene rings is 2. The zero-order valence-corrected chi connectivity index (χ0v) is 47.9. The number of aliphatic hydroxyl groups excluding tert-OH is 3. The van der Waals surface area contributed by atoms with E-state index in [0.717, 1.165) is 106 Å². The highest BCUT2D eigenvalue weighted by molar-refractivity contribution is 9.09. The van der Waals surface area contributed by atoms with Gasteiger partial charge in [-0.3, -0.25) is 34.3 Å². The molecule has 0 spiro atoms. The highest BCUT2D eigenvalue weighted by Crippen LogP contribution is 2.35. The third-order valence-electron chi connectivity index (χ3n) is 12.2. The molecule has 0 aliphatic carbocycles. The summed E-state index contributed by atoms with van der Waals surface area (Å²) in [6.45, 7) is 4.97. The van der Waals surface area contributed by atoms with Crippen LogP contribution in [-0.4, -0.2) is 171 Å². The molecule has 0 amide bonds.